The van der Waals surface area contributed by atoms with Crippen LogP contribution in [0.2, 0.25) is 0 Å². The number of hydrogen-bond donors (Lipinski definition) is 4. The van der Waals surface area contributed by atoms with Crippen molar-refractivity contribution >= 4 is 43.1 Å². The molecule has 1 aliphatic carbocycles. The lowest BCUT2D eigenvalue weighted by atomic mass is 9.86. The second-order valence-corrected chi connectivity index (χ2v) is 9.24. The Kier molecular flexibility index (Phi) is 5.89. The summed E-state index contributed by atoms with van der Waals surface area (Å²) in [5, 5.41) is 19.6. The smallest absolute Gasteiger partial charge is 0.336 e. The van der Waals surface area contributed by atoms with E-state index in [0.717, 1.165) is 24.3 Å². The standard InChI is InChI=1S/C20H14O10S2/c21-14-8-6-12(10-16(14)31(25,26)27)18(20(23)24)13-7-9-15(22)19(32(28,29)30)17(13)11-4-2-1-3-5-11/h1-10,21H,(H,23,24)(H,25,26,27)(H,28,29,30)/b18-13-. The van der Waals surface area contributed by atoms with Crippen molar-refractivity contribution in [3.05, 3.63) is 82.3 Å². The number of aliphatic carboxylic acids is 1. The fraction of sp³-hybridized carbons (Fsp3) is 0. The number of hydrogen-bond acceptors (Lipinski definition) is 7. The molecule has 1 aliphatic rings. The quantitative estimate of drug-likeness (QED) is 0.366. The van der Waals surface area contributed by atoms with Crippen LogP contribution >= 0.6 is 0 Å². The zero-order valence-electron chi connectivity index (χ0n) is 15.8. The minimum absolute atomic E-state index is 0.0837. The van der Waals surface area contributed by atoms with Crippen LogP contribution in [0.3, 0.4) is 0 Å². The molecule has 0 amide bonds. The molecule has 0 fully saturated rings. The van der Waals surface area contributed by atoms with E-state index in [9.17, 15) is 45.7 Å². The van der Waals surface area contributed by atoms with Gasteiger partial charge in [-0.1, -0.05) is 36.4 Å². The number of carbonyl (C=O) groups excluding carboxylic acids is 1. The van der Waals surface area contributed by atoms with E-state index in [2.05, 4.69) is 0 Å². The summed E-state index contributed by atoms with van der Waals surface area (Å²) in [6.07, 6.45) is 1.76. The topological polar surface area (TPSA) is 183 Å². The van der Waals surface area contributed by atoms with E-state index >= 15 is 0 Å². The molecule has 0 spiro atoms. The molecule has 10 nitrogen and oxygen atoms in total. The minimum atomic E-state index is -5.11. The first kappa shape index (κ1) is 23.1. The number of phenols is 1. The van der Waals surface area contributed by atoms with E-state index in [1.54, 1.807) is 6.07 Å². The normalized spacial score (nSPS) is 16.2. The Morgan fingerprint density at radius 3 is 2.00 bits per heavy atom. The van der Waals surface area contributed by atoms with Gasteiger partial charge in [-0.25, -0.2) is 4.79 Å². The van der Waals surface area contributed by atoms with Crippen LogP contribution in [0.1, 0.15) is 11.1 Å². The monoisotopic (exact) mass is 478 g/mol. The molecule has 0 heterocycles. The van der Waals surface area contributed by atoms with Crippen molar-refractivity contribution in [2.45, 2.75) is 4.90 Å². The second-order valence-electron chi connectivity index (χ2n) is 6.49. The average Bonchev–Trinajstić information content (AvgIpc) is 2.68. The lowest BCUT2D eigenvalue weighted by molar-refractivity contribution is -0.130. The maximum Gasteiger partial charge on any atom is 0.336 e. The molecule has 12 heteroatoms. The van der Waals surface area contributed by atoms with E-state index in [1.165, 1.54) is 24.3 Å². The van der Waals surface area contributed by atoms with Gasteiger partial charge in [-0.3, -0.25) is 13.9 Å². The zero-order chi connectivity index (χ0) is 23.8. The Morgan fingerprint density at radius 1 is 0.844 bits per heavy atom. The third-order valence-corrected chi connectivity index (χ3v) is 6.26. The summed E-state index contributed by atoms with van der Waals surface area (Å²) in [6, 6.07) is 9.86. The first-order valence-electron chi connectivity index (χ1n) is 8.60. The van der Waals surface area contributed by atoms with E-state index in [-0.39, 0.29) is 16.7 Å². The zero-order valence-corrected chi connectivity index (χ0v) is 17.5. The van der Waals surface area contributed by atoms with Gasteiger partial charge in [0.15, 0.2) is 5.78 Å². The highest BCUT2D eigenvalue weighted by Crippen LogP contribution is 2.39. The van der Waals surface area contributed by atoms with Crippen LogP contribution in [-0.4, -0.2) is 47.9 Å². The number of carbonyl (C=O) groups is 2. The number of benzene rings is 2. The Bertz CT molecular complexity index is 1440. The number of carboxylic acid groups (broad SMARTS) is 1. The highest BCUT2D eigenvalue weighted by atomic mass is 32.2. The summed E-state index contributed by atoms with van der Waals surface area (Å²) in [5.41, 5.74) is -1.65. The van der Waals surface area contributed by atoms with E-state index < -0.39 is 58.7 Å². The van der Waals surface area contributed by atoms with E-state index in [1.807, 2.05) is 0 Å². The first-order valence-corrected chi connectivity index (χ1v) is 11.5. The minimum Gasteiger partial charge on any atom is -0.506 e. The molecule has 0 aliphatic heterocycles. The Balaban J connectivity index is 2.50. The number of aromatic hydroxyl groups is 1. The van der Waals surface area contributed by atoms with Crippen molar-refractivity contribution in [2.24, 2.45) is 0 Å². The predicted molar refractivity (Wildman–Crippen MR) is 112 cm³/mol. The van der Waals surface area contributed by atoms with E-state index in [4.69, 9.17) is 0 Å². The first-order chi connectivity index (χ1) is 14.8. The molecule has 2 aromatic rings. The van der Waals surface area contributed by atoms with Gasteiger partial charge in [-0.05, 0) is 41.0 Å². The molecule has 0 atom stereocenters. The van der Waals surface area contributed by atoms with Gasteiger partial charge >= 0.3 is 5.97 Å². The highest BCUT2D eigenvalue weighted by molar-refractivity contribution is 7.91. The van der Waals surface area contributed by atoms with Crippen molar-refractivity contribution in [2.75, 3.05) is 0 Å². The van der Waals surface area contributed by atoms with Crippen LogP contribution in [0.15, 0.2) is 76.1 Å². The van der Waals surface area contributed by atoms with Crippen LogP contribution in [0.4, 0.5) is 0 Å². The van der Waals surface area contributed by atoms with Gasteiger partial charge in [0.05, 0.1) is 5.57 Å². The molecule has 0 saturated heterocycles. The fourth-order valence-corrected chi connectivity index (χ4v) is 4.61. The van der Waals surface area contributed by atoms with Gasteiger partial charge < -0.3 is 10.2 Å². The van der Waals surface area contributed by atoms with Crippen LogP contribution < -0.4 is 0 Å². The molecule has 2 aromatic carbocycles. The predicted octanol–water partition coefficient (Wildman–Crippen LogP) is 1.92. The third kappa shape index (κ3) is 4.38. The molecule has 0 radical (unpaired) electrons. The molecule has 0 saturated carbocycles. The highest BCUT2D eigenvalue weighted by Gasteiger charge is 2.33. The summed E-state index contributed by atoms with van der Waals surface area (Å²) >= 11 is 0. The molecule has 0 aromatic heterocycles. The molecule has 4 N–H and O–H groups in total. The third-order valence-electron chi connectivity index (χ3n) is 4.45. The summed E-state index contributed by atoms with van der Waals surface area (Å²) in [6.45, 7) is 0. The van der Waals surface area contributed by atoms with Gasteiger partial charge in [-0.2, -0.15) is 16.8 Å². The van der Waals surface area contributed by atoms with Gasteiger partial charge in [0, 0.05) is 5.57 Å². The number of rotatable bonds is 5. The molecular formula is C20H14O10S2. The van der Waals surface area contributed by atoms with Crippen LogP contribution in [0, 0.1) is 0 Å². The van der Waals surface area contributed by atoms with E-state index in [0.29, 0.717) is 6.07 Å². The van der Waals surface area contributed by atoms with Crippen molar-refractivity contribution in [3.8, 4) is 5.75 Å². The van der Waals surface area contributed by atoms with Crippen LogP contribution in [-0.2, 0) is 29.8 Å². The van der Waals surface area contributed by atoms with Crippen molar-refractivity contribution in [1.82, 2.24) is 0 Å². The summed E-state index contributed by atoms with van der Waals surface area (Å²) in [7, 11) is -10.0. The maximum atomic E-state index is 12.3. The molecule has 3 rings (SSSR count). The van der Waals surface area contributed by atoms with Gasteiger partial charge in [0.25, 0.3) is 20.2 Å². The van der Waals surface area contributed by atoms with Crippen LogP contribution in [0.5, 0.6) is 5.75 Å². The number of carboxylic acids is 1. The number of allylic oxidation sites excluding steroid dienone is 5. The average molecular weight is 478 g/mol. The molecule has 166 valence electrons. The van der Waals surface area contributed by atoms with Gasteiger partial charge in [0.1, 0.15) is 15.6 Å². The fourth-order valence-electron chi connectivity index (χ4n) is 3.19. The lowest BCUT2D eigenvalue weighted by Gasteiger charge is -2.20. The molecule has 32 heavy (non-hydrogen) atoms. The SMILES string of the molecule is O=C1C=C/C(=C(/C(=O)O)c2ccc(O)c(S(=O)(=O)O)c2)C(c2ccccc2)=C1S(=O)(=O)O. The van der Waals surface area contributed by atoms with Crippen molar-refractivity contribution in [1.29, 1.82) is 0 Å². The number of phenolic OH excluding ortho intramolecular Hbond substituents is 1. The Morgan fingerprint density at radius 2 is 1.47 bits per heavy atom. The summed E-state index contributed by atoms with van der Waals surface area (Å²) in [4.78, 5) is 22.5. The molecule has 0 unspecified atom stereocenters. The Labute approximate surface area is 182 Å². The van der Waals surface area contributed by atoms with Crippen LogP contribution in [0.25, 0.3) is 11.1 Å². The second kappa shape index (κ2) is 8.16. The Hall–Kier alpha value is -3.58. The lowest BCUT2D eigenvalue weighted by Crippen LogP contribution is -2.18. The summed E-state index contributed by atoms with van der Waals surface area (Å²) < 4.78 is 66.1. The molecular weight excluding hydrogens is 464 g/mol. The number of ketones is 1. The molecule has 0 bridgehead atoms. The summed E-state index contributed by atoms with van der Waals surface area (Å²) in [5.74, 6) is -3.59. The largest absolute Gasteiger partial charge is 0.506 e. The van der Waals surface area contributed by atoms with Crippen molar-refractivity contribution < 1.29 is 45.7 Å². The maximum absolute atomic E-state index is 12.3. The van der Waals surface area contributed by atoms with Crippen molar-refractivity contribution in [3.63, 3.8) is 0 Å². The van der Waals surface area contributed by atoms with Gasteiger partial charge in [-0.15, -0.1) is 0 Å². The van der Waals surface area contributed by atoms with Gasteiger partial charge in [0.2, 0.25) is 0 Å².